The van der Waals surface area contributed by atoms with Crippen LogP contribution in [0.1, 0.15) is 18.1 Å². The van der Waals surface area contributed by atoms with Gasteiger partial charge in [-0.2, -0.15) is 0 Å². The summed E-state index contributed by atoms with van der Waals surface area (Å²) in [6.45, 7) is 6.50. The Morgan fingerprint density at radius 2 is 1.02 bits per heavy atom. The van der Waals surface area contributed by atoms with Crippen molar-refractivity contribution in [3.05, 3.63) is 230 Å². The summed E-state index contributed by atoms with van der Waals surface area (Å²) in [5.41, 5.74) is 15.8. The number of rotatable bonds is 6. The van der Waals surface area contributed by atoms with E-state index in [-0.39, 0.29) is 0 Å². The van der Waals surface area contributed by atoms with Crippen molar-refractivity contribution in [1.29, 1.82) is 0 Å². The highest BCUT2D eigenvalue weighted by atomic mass is 15.2. The fraction of sp³-hybridized carbons (Fsp3) is 0.0169. The molecule has 0 bridgehead atoms. The molecule has 3 aromatic heterocycles. The standard InChI is InChI=1S/C59H41N5/c1-38(40-20-7-3-8-21-40)60-59(61-39(2)41-22-9-4-10-23-41)64-52-33-18-16-29-47(52)57-54(64)35-34-53-56(57)46-28-15-17-32-51(46)63(53)44-36-48(43-26-13-6-14-27-43)58-49(37-44)55-45(30-19-31-50(55)62-58)42-24-11-5-12-25-42/h3-37,62H,1H2,2H3. The first-order valence-corrected chi connectivity index (χ1v) is 21.7. The Morgan fingerprint density at radius 3 is 1.72 bits per heavy atom. The van der Waals surface area contributed by atoms with E-state index in [1.165, 1.54) is 32.7 Å². The molecule has 12 rings (SSSR count). The molecular weight excluding hydrogens is 779 g/mol. The Kier molecular flexibility index (Phi) is 8.80. The number of nitrogens with one attached hydrogen (secondary N) is 1. The molecule has 0 fully saturated rings. The molecule has 64 heavy (non-hydrogen) atoms. The summed E-state index contributed by atoms with van der Waals surface area (Å²) in [5, 5.41) is 7.02. The Labute approximate surface area is 370 Å². The number of fused-ring (bicyclic) bond motifs is 10. The number of aromatic nitrogens is 3. The van der Waals surface area contributed by atoms with Gasteiger partial charge in [-0.05, 0) is 77.2 Å². The molecular formula is C59H41N5. The van der Waals surface area contributed by atoms with E-state index < -0.39 is 0 Å². The summed E-state index contributed by atoms with van der Waals surface area (Å²) in [7, 11) is 0. The molecule has 5 nitrogen and oxygen atoms in total. The molecule has 0 amide bonds. The highest BCUT2D eigenvalue weighted by molar-refractivity contribution is 6.31. The molecule has 12 aromatic rings. The fourth-order valence-electron chi connectivity index (χ4n) is 9.72. The second-order valence-electron chi connectivity index (χ2n) is 16.3. The quantitative estimate of drug-likeness (QED) is 0.128. The summed E-state index contributed by atoms with van der Waals surface area (Å²) in [4.78, 5) is 14.4. The van der Waals surface area contributed by atoms with Gasteiger partial charge in [0.2, 0.25) is 5.96 Å². The van der Waals surface area contributed by atoms with Crippen molar-refractivity contribution >= 4 is 82.8 Å². The topological polar surface area (TPSA) is 50.4 Å². The first kappa shape index (κ1) is 37.2. The van der Waals surface area contributed by atoms with E-state index in [2.05, 4.69) is 184 Å². The minimum absolute atomic E-state index is 0.552. The molecule has 0 aliphatic heterocycles. The summed E-state index contributed by atoms with van der Waals surface area (Å²) >= 11 is 0. The van der Waals surface area contributed by atoms with Gasteiger partial charge in [0.15, 0.2) is 0 Å². The number of H-pyrrole nitrogens is 1. The van der Waals surface area contributed by atoms with Crippen molar-refractivity contribution in [2.24, 2.45) is 9.98 Å². The molecule has 302 valence electrons. The molecule has 0 aliphatic rings. The SMILES string of the molecule is C=C(N=C(N=C(C)c1ccccc1)n1c2ccccc2c2c3c4ccccc4n(-c4cc(-c5ccccc5)c5[nH]c6cccc(-c7ccccc7)c6c5c4)c3ccc21)c1ccccc1. The van der Waals surface area contributed by atoms with Crippen LogP contribution in [-0.4, -0.2) is 25.8 Å². The number of hydrogen-bond donors (Lipinski definition) is 1. The largest absolute Gasteiger partial charge is 0.354 e. The van der Waals surface area contributed by atoms with Gasteiger partial charge < -0.3 is 9.55 Å². The average molecular weight is 820 g/mol. The monoisotopic (exact) mass is 819 g/mol. The van der Waals surface area contributed by atoms with Gasteiger partial charge in [0.05, 0.1) is 33.3 Å². The van der Waals surface area contributed by atoms with Crippen LogP contribution in [0.15, 0.2) is 229 Å². The maximum atomic E-state index is 5.33. The van der Waals surface area contributed by atoms with Crippen molar-refractivity contribution < 1.29 is 0 Å². The molecule has 3 heterocycles. The van der Waals surface area contributed by atoms with E-state index in [9.17, 15) is 0 Å². The zero-order valence-corrected chi connectivity index (χ0v) is 35.2. The molecule has 0 spiro atoms. The lowest BCUT2D eigenvalue weighted by molar-refractivity contribution is 1.18. The number of nitrogens with zero attached hydrogens (tertiary/aromatic N) is 4. The summed E-state index contributed by atoms with van der Waals surface area (Å²) in [6, 6.07) is 75.2. The Bertz CT molecular complexity index is 3830. The molecule has 9 aromatic carbocycles. The zero-order valence-electron chi connectivity index (χ0n) is 35.2. The zero-order chi connectivity index (χ0) is 42.7. The van der Waals surface area contributed by atoms with E-state index in [4.69, 9.17) is 9.98 Å². The van der Waals surface area contributed by atoms with Gasteiger partial charge in [0.25, 0.3) is 0 Å². The number of aliphatic imine (C=N–C) groups is 2. The second-order valence-corrected chi connectivity index (χ2v) is 16.3. The molecule has 0 saturated carbocycles. The normalized spacial score (nSPS) is 12.4. The average Bonchev–Trinajstić information content (AvgIpc) is 4.02. The minimum atomic E-state index is 0.552. The lowest BCUT2D eigenvalue weighted by Gasteiger charge is -2.13. The third-order valence-corrected chi connectivity index (χ3v) is 12.6. The van der Waals surface area contributed by atoms with Crippen LogP contribution in [0.5, 0.6) is 0 Å². The van der Waals surface area contributed by atoms with Gasteiger partial charge >= 0.3 is 0 Å². The maximum absolute atomic E-state index is 5.33. The van der Waals surface area contributed by atoms with Crippen LogP contribution in [0.3, 0.4) is 0 Å². The fourth-order valence-corrected chi connectivity index (χ4v) is 9.72. The van der Waals surface area contributed by atoms with Gasteiger partial charge in [0, 0.05) is 54.8 Å². The van der Waals surface area contributed by atoms with E-state index in [1.807, 2.05) is 55.5 Å². The van der Waals surface area contributed by atoms with E-state index in [1.54, 1.807) is 0 Å². The highest BCUT2D eigenvalue weighted by Crippen LogP contribution is 2.44. The number of hydrogen-bond acceptors (Lipinski definition) is 1. The van der Waals surface area contributed by atoms with E-state index >= 15 is 0 Å². The molecule has 0 atom stereocenters. The van der Waals surface area contributed by atoms with Crippen LogP contribution in [-0.2, 0) is 0 Å². The third kappa shape index (κ3) is 6.01. The van der Waals surface area contributed by atoms with Crippen LogP contribution in [0.4, 0.5) is 0 Å². The molecule has 0 saturated heterocycles. The Hall–Kier alpha value is -8.54. The van der Waals surface area contributed by atoms with Crippen molar-refractivity contribution in [2.75, 3.05) is 0 Å². The number of aromatic amines is 1. The van der Waals surface area contributed by atoms with Crippen LogP contribution in [0.2, 0.25) is 0 Å². The van der Waals surface area contributed by atoms with Gasteiger partial charge in [-0.3, -0.25) is 4.57 Å². The Balaban J connectivity index is 1.17. The smallest absolute Gasteiger partial charge is 0.235 e. The van der Waals surface area contributed by atoms with Crippen molar-refractivity contribution in [2.45, 2.75) is 6.92 Å². The predicted molar refractivity (Wildman–Crippen MR) is 271 cm³/mol. The van der Waals surface area contributed by atoms with Crippen molar-refractivity contribution in [1.82, 2.24) is 14.1 Å². The lowest BCUT2D eigenvalue weighted by atomic mass is 9.96. The maximum Gasteiger partial charge on any atom is 0.235 e. The lowest BCUT2D eigenvalue weighted by Crippen LogP contribution is -2.12. The van der Waals surface area contributed by atoms with Gasteiger partial charge in [-0.25, -0.2) is 9.98 Å². The van der Waals surface area contributed by atoms with Crippen LogP contribution < -0.4 is 0 Å². The molecule has 5 heteroatoms. The van der Waals surface area contributed by atoms with Gasteiger partial charge in [-0.15, -0.1) is 0 Å². The van der Waals surface area contributed by atoms with Crippen LogP contribution in [0, 0.1) is 0 Å². The first-order chi connectivity index (χ1) is 31.6. The first-order valence-electron chi connectivity index (χ1n) is 21.7. The Morgan fingerprint density at radius 1 is 0.453 bits per heavy atom. The summed E-state index contributed by atoms with van der Waals surface area (Å²) in [5.74, 6) is 0.552. The third-order valence-electron chi connectivity index (χ3n) is 12.6. The van der Waals surface area contributed by atoms with Crippen molar-refractivity contribution in [3.8, 4) is 27.9 Å². The van der Waals surface area contributed by atoms with Crippen LogP contribution in [0.25, 0.3) is 99.1 Å². The highest BCUT2D eigenvalue weighted by Gasteiger charge is 2.24. The van der Waals surface area contributed by atoms with Gasteiger partial charge in [-0.1, -0.05) is 176 Å². The number of benzene rings is 9. The van der Waals surface area contributed by atoms with E-state index in [0.29, 0.717) is 11.7 Å². The molecule has 0 radical (unpaired) electrons. The minimum Gasteiger partial charge on any atom is -0.354 e. The van der Waals surface area contributed by atoms with Gasteiger partial charge in [0.1, 0.15) is 0 Å². The van der Waals surface area contributed by atoms with E-state index in [0.717, 1.165) is 77.5 Å². The summed E-state index contributed by atoms with van der Waals surface area (Å²) in [6.07, 6.45) is 0. The molecule has 1 N–H and O–H groups in total. The second kappa shape index (κ2) is 15.1. The van der Waals surface area contributed by atoms with Crippen LogP contribution >= 0.6 is 0 Å². The summed E-state index contributed by atoms with van der Waals surface area (Å²) < 4.78 is 4.67. The molecule has 0 unspecified atom stereocenters. The van der Waals surface area contributed by atoms with Crippen molar-refractivity contribution in [3.63, 3.8) is 0 Å². The number of para-hydroxylation sites is 2. The molecule has 0 aliphatic carbocycles. The predicted octanol–water partition coefficient (Wildman–Crippen LogP) is 15.2.